The summed E-state index contributed by atoms with van der Waals surface area (Å²) in [6, 6.07) is 4.81. The first kappa shape index (κ1) is 12.5. The number of alkyl halides is 1. The van der Waals surface area contributed by atoms with Gasteiger partial charge in [0.15, 0.2) is 5.78 Å². The zero-order valence-corrected chi connectivity index (χ0v) is 9.58. The van der Waals surface area contributed by atoms with Gasteiger partial charge in [-0.3, -0.25) is 4.79 Å². The standard InChI is InChI=1S/C11H12ClNO3/c1-16-11(15)9-5-7(2-3-10(9)13)4-8(14)6-12/h2-3,5H,4,6,13H2,1H3. The number of nitrogen functional groups attached to an aromatic ring is 1. The van der Waals surface area contributed by atoms with Gasteiger partial charge in [-0.15, -0.1) is 11.6 Å². The number of Topliss-reactive ketones (excluding diaryl/α,β-unsaturated/α-hetero) is 1. The molecule has 0 saturated carbocycles. The lowest BCUT2D eigenvalue weighted by molar-refractivity contribution is -0.116. The highest BCUT2D eigenvalue weighted by molar-refractivity contribution is 6.27. The van der Waals surface area contributed by atoms with Crippen LogP contribution in [0.15, 0.2) is 18.2 Å². The number of hydrogen-bond donors (Lipinski definition) is 1. The van der Waals surface area contributed by atoms with E-state index in [1.807, 2.05) is 0 Å². The van der Waals surface area contributed by atoms with Gasteiger partial charge < -0.3 is 10.5 Å². The Hall–Kier alpha value is -1.55. The van der Waals surface area contributed by atoms with Crippen molar-refractivity contribution in [3.05, 3.63) is 29.3 Å². The zero-order valence-electron chi connectivity index (χ0n) is 8.83. The fraction of sp³-hybridized carbons (Fsp3) is 0.273. The van der Waals surface area contributed by atoms with Gasteiger partial charge in [-0.25, -0.2) is 4.79 Å². The first-order chi connectivity index (χ1) is 7.58. The molecule has 0 saturated heterocycles. The summed E-state index contributed by atoms with van der Waals surface area (Å²) in [5.74, 6) is -0.669. The molecule has 0 aliphatic carbocycles. The third-order valence-electron chi connectivity index (χ3n) is 2.07. The van der Waals surface area contributed by atoms with Crippen LogP contribution in [0.2, 0.25) is 0 Å². The van der Waals surface area contributed by atoms with Crippen molar-refractivity contribution in [1.29, 1.82) is 0 Å². The summed E-state index contributed by atoms with van der Waals surface area (Å²) < 4.78 is 4.57. The highest BCUT2D eigenvalue weighted by atomic mass is 35.5. The molecule has 0 aromatic heterocycles. The summed E-state index contributed by atoms with van der Waals surface area (Å²) in [5.41, 5.74) is 6.91. The monoisotopic (exact) mass is 241 g/mol. The summed E-state index contributed by atoms with van der Waals surface area (Å²) in [4.78, 5) is 22.5. The van der Waals surface area contributed by atoms with E-state index in [1.165, 1.54) is 7.11 Å². The van der Waals surface area contributed by atoms with E-state index in [1.54, 1.807) is 18.2 Å². The number of benzene rings is 1. The maximum atomic E-state index is 11.3. The van der Waals surface area contributed by atoms with E-state index in [9.17, 15) is 9.59 Å². The number of ether oxygens (including phenoxy) is 1. The molecule has 2 N–H and O–H groups in total. The third kappa shape index (κ3) is 2.97. The van der Waals surface area contributed by atoms with Crippen LogP contribution in [0.4, 0.5) is 5.69 Å². The molecule has 16 heavy (non-hydrogen) atoms. The van der Waals surface area contributed by atoms with Gasteiger partial charge in [-0.2, -0.15) is 0 Å². The van der Waals surface area contributed by atoms with Crippen LogP contribution in [0.1, 0.15) is 15.9 Å². The highest BCUT2D eigenvalue weighted by Crippen LogP contribution is 2.16. The predicted octanol–water partition coefficient (Wildman–Crippen LogP) is 1.41. The molecule has 4 nitrogen and oxygen atoms in total. The van der Waals surface area contributed by atoms with Gasteiger partial charge >= 0.3 is 5.97 Å². The van der Waals surface area contributed by atoms with Crippen LogP contribution in [-0.2, 0) is 16.0 Å². The fourth-order valence-electron chi connectivity index (χ4n) is 1.28. The van der Waals surface area contributed by atoms with E-state index < -0.39 is 5.97 Å². The average molecular weight is 242 g/mol. The van der Waals surface area contributed by atoms with E-state index in [2.05, 4.69) is 4.74 Å². The van der Waals surface area contributed by atoms with Crippen LogP contribution in [0, 0.1) is 0 Å². The smallest absolute Gasteiger partial charge is 0.339 e. The molecule has 0 radical (unpaired) electrons. The molecule has 0 aliphatic heterocycles. The van der Waals surface area contributed by atoms with Crippen molar-refractivity contribution in [1.82, 2.24) is 0 Å². The Labute approximate surface area is 98.3 Å². The first-order valence-electron chi connectivity index (χ1n) is 4.63. The van der Waals surface area contributed by atoms with Crippen LogP contribution < -0.4 is 5.73 Å². The molecule has 5 heteroatoms. The van der Waals surface area contributed by atoms with Crippen molar-refractivity contribution >= 4 is 29.0 Å². The van der Waals surface area contributed by atoms with Crippen molar-refractivity contribution in [3.8, 4) is 0 Å². The molecule has 1 aromatic carbocycles. The maximum Gasteiger partial charge on any atom is 0.339 e. The average Bonchev–Trinajstić information content (AvgIpc) is 2.30. The largest absolute Gasteiger partial charge is 0.465 e. The topological polar surface area (TPSA) is 69.4 Å². The number of methoxy groups -OCH3 is 1. The second kappa shape index (κ2) is 5.51. The van der Waals surface area contributed by atoms with Crippen molar-refractivity contribution in [2.45, 2.75) is 6.42 Å². The zero-order chi connectivity index (χ0) is 12.1. The number of rotatable bonds is 4. The van der Waals surface area contributed by atoms with E-state index in [0.717, 1.165) is 0 Å². The van der Waals surface area contributed by atoms with Crippen LogP contribution >= 0.6 is 11.6 Å². The molecule has 0 aliphatic rings. The summed E-state index contributed by atoms with van der Waals surface area (Å²) in [6.07, 6.45) is 0.188. The minimum atomic E-state index is -0.516. The minimum absolute atomic E-state index is 0.0437. The Balaban J connectivity index is 2.98. The Morgan fingerprint density at radius 1 is 1.44 bits per heavy atom. The van der Waals surface area contributed by atoms with Gasteiger partial charge in [0.25, 0.3) is 0 Å². The maximum absolute atomic E-state index is 11.3. The van der Waals surface area contributed by atoms with Gasteiger partial charge in [0.05, 0.1) is 18.6 Å². The molecule has 0 atom stereocenters. The number of esters is 1. The number of halogens is 1. The van der Waals surface area contributed by atoms with Crippen molar-refractivity contribution < 1.29 is 14.3 Å². The molecule has 0 heterocycles. The Kier molecular flexibility index (Phi) is 4.31. The van der Waals surface area contributed by atoms with Crippen LogP contribution in [0.5, 0.6) is 0 Å². The van der Waals surface area contributed by atoms with Gasteiger partial charge in [-0.05, 0) is 17.7 Å². The molecular formula is C11H12ClNO3. The van der Waals surface area contributed by atoms with Crippen molar-refractivity contribution in [2.24, 2.45) is 0 Å². The summed E-state index contributed by atoms with van der Waals surface area (Å²) in [5, 5.41) is 0. The number of hydrogen-bond acceptors (Lipinski definition) is 4. The number of carbonyl (C=O) groups is 2. The van der Waals surface area contributed by atoms with Crippen molar-refractivity contribution in [2.75, 3.05) is 18.7 Å². The lowest BCUT2D eigenvalue weighted by atomic mass is 10.0. The molecule has 0 unspecified atom stereocenters. The van der Waals surface area contributed by atoms with E-state index >= 15 is 0 Å². The van der Waals surface area contributed by atoms with Gasteiger partial charge in [0.2, 0.25) is 0 Å². The Morgan fingerprint density at radius 2 is 2.12 bits per heavy atom. The van der Waals surface area contributed by atoms with Crippen LogP contribution in [-0.4, -0.2) is 24.7 Å². The van der Waals surface area contributed by atoms with Gasteiger partial charge in [0, 0.05) is 12.1 Å². The molecule has 1 aromatic rings. The molecule has 0 amide bonds. The summed E-state index contributed by atoms with van der Waals surface area (Å²) in [7, 11) is 1.28. The molecule has 1 rings (SSSR count). The molecule has 0 bridgehead atoms. The van der Waals surface area contributed by atoms with Gasteiger partial charge in [-0.1, -0.05) is 6.07 Å². The number of nitrogens with two attached hydrogens (primary N) is 1. The number of ketones is 1. The summed E-state index contributed by atoms with van der Waals surface area (Å²) in [6.45, 7) is 0. The second-order valence-corrected chi connectivity index (χ2v) is 3.53. The lowest BCUT2D eigenvalue weighted by Gasteiger charge is -2.06. The highest BCUT2D eigenvalue weighted by Gasteiger charge is 2.11. The van der Waals surface area contributed by atoms with Crippen molar-refractivity contribution in [3.63, 3.8) is 0 Å². The second-order valence-electron chi connectivity index (χ2n) is 3.26. The fourth-order valence-corrected chi connectivity index (χ4v) is 1.37. The molecule has 86 valence electrons. The number of carbonyl (C=O) groups excluding carboxylic acids is 2. The number of anilines is 1. The first-order valence-corrected chi connectivity index (χ1v) is 5.16. The van der Waals surface area contributed by atoms with E-state index in [0.29, 0.717) is 11.3 Å². The van der Waals surface area contributed by atoms with Crippen LogP contribution in [0.3, 0.4) is 0 Å². The SMILES string of the molecule is COC(=O)c1cc(CC(=O)CCl)ccc1N. The normalized spacial score (nSPS) is 9.88. The summed E-state index contributed by atoms with van der Waals surface area (Å²) >= 11 is 5.40. The Bertz CT molecular complexity index is 418. The molecular weight excluding hydrogens is 230 g/mol. The molecule has 0 spiro atoms. The predicted molar refractivity (Wildman–Crippen MR) is 61.6 cm³/mol. The van der Waals surface area contributed by atoms with E-state index in [-0.39, 0.29) is 23.6 Å². The molecule has 0 fully saturated rings. The minimum Gasteiger partial charge on any atom is -0.465 e. The quantitative estimate of drug-likeness (QED) is 0.492. The van der Waals surface area contributed by atoms with Gasteiger partial charge in [0.1, 0.15) is 0 Å². The third-order valence-corrected chi connectivity index (χ3v) is 2.37. The van der Waals surface area contributed by atoms with E-state index in [4.69, 9.17) is 17.3 Å². The van der Waals surface area contributed by atoms with Crippen LogP contribution in [0.25, 0.3) is 0 Å². The lowest BCUT2D eigenvalue weighted by Crippen LogP contribution is -2.09. The Morgan fingerprint density at radius 3 is 2.69 bits per heavy atom.